The number of amides is 1. The summed E-state index contributed by atoms with van der Waals surface area (Å²) in [5, 5.41) is 2.30. The van der Waals surface area contributed by atoms with Gasteiger partial charge in [-0.05, 0) is 48.1 Å². The molecule has 146 valence electrons. The summed E-state index contributed by atoms with van der Waals surface area (Å²) in [5.74, 6) is -0.224. The lowest BCUT2D eigenvalue weighted by Crippen LogP contribution is -2.36. The first-order valence-corrected chi connectivity index (χ1v) is 9.66. The van der Waals surface area contributed by atoms with E-state index in [1.54, 1.807) is 11.4 Å². The van der Waals surface area contributed by atoms with Crippen LogP contribution in [0.2, 0.25) is 0 Å². The van der Waals surface area contributed by atoms with E-state index >= 15 is 0 Å². The standard InChI is InChI=1S/C19H16F3N3O2S/c20-19(21,22)13-3-4-15-12(10-13)2-1-7-25(15)16(26)5-8-24-11-23-17-14(18(24)27)6-9-28-17/h3-4,6,9-11H,1-2,5,7-8H2. The van der Waals surface area contributed by atoms with E-state index in [9.17, 15) is 22.8 Å². The van der Waals surface area contributed by atoms with Gasteiger partial charge in [-0.2, -0.15) is 13.2 Å². The number of thiophene rings is 1. The quantitative estimate of drug-likeness (QED) is 0.663. The number of hydrogen-bond donors (Lipinski definition) is 0. The molecular weight excluding hydrogens is 391 g/mol. The van der Waals surface area contributed by atoms with E-state index < -0.39 is 11.7 Å². The molecule has 3 aromatic rings. The molecule has 9 heteroatoms. The van der Waals surface area contributed by atoms with Crippen LogP contribution < -0.4 is 10.5 Å². The van der Waals surface area contributed by atoms with Crippen LogP contribution >= 0.6 is 11.3 Å². The largest absolute Gasteiger partial charge is 0.416 e. The fourth-order valence-electron chi connectivity index (χ4n) is 3.44. The summed E-state index contributed by atoms with van der Waals surface area (Å²) in [6, 6.07) is 5.18. The number of carbonyl (C=O) groups is 1. The second kappa shape index (κ2) is 7.05. The highest BCUT2D eigenvalue weighted by Gasteiger charge is 2.32. The summed E-state index contributed by atoms with van der Waals surface area (Å²) in [6.07, 6.45) is -1.81. The van der Waals surface area contributed by atoms with E-state index in [0.717, 1.165) is 12.1 Å². The van der Waals surface area contributed by atoms with Gasteiger partial charge in [0.25, 0.3) is 5.56 Å². The zero-order valence-electron chi connectivity index (χ0n) is 14.7. The molecule has 4 rings (SSSR count). The van der Waals surface area contributed by atoms with Crippen molar-refractivity contribution in [2.45, 2.75) is 32.0 Å². The number of fused-ring (bicyclic) bond motifs is 2. The number of halogens is 3. The molecule has 0 saturated carbocycles. The van der Waals surface area contributed by atoms with Gasteiger partial charge in [0.05, 0.1) is 17.3 Å². The van der Waals surface area contributed by atoms with Crippen LogP contribution in [0.15, 0.2) is 40.8 Å². The summed E-state index contributed by atoms with van der Waals surface area (Å²) < 4.78 is 40.2. The summed E-state index contributed by atoms with van der Waals surface area (Å²) >= 11 is 1.37. The first kappa shape index (κ1) is 18.7. The number of nitrogens with zero attached hydrogens (tertiary/aromatic N) is 3. The zero-order chi connectivity index (χ0) is 19.9. The average Bonchev–Trinajstić information content (AvgIpc) is 3.15. The summed E-state index contributed by atoms with van der Waals surface area (Å²) in [5.41, 5.74) is 0.131. The third kappa shape index (κ3) is 3.42. The molecule has 0 aliphatic carbocycles. The van der Waals surface area contributed by atoms with E-state index in [0.29, 0.717) is 40.9 Å². The minimum atomic E-state index is -4.41. The van der Waals surface area contributed by atoms with E-state index in [-0.39, 0.29) is 24.4 Å². The van der Waals surface area contributed by atoms with Gasteiger partial charge in [0.2, 0.25) is 5.91 Å². The van der Waals surface area contributed by atoms with Crippen LogP contribution in [0.5, 0.6) is 0 Å². The minimum absolute atomic E-state index is 0.0672. The number of rotatable bonds is 3. The van der Waals surface area contributed by atoms with Crippen LogP contribution in [0.25, 0.3) is 10.2 Å². The lowest BCUT2D eigenvalue weighted by atomic mass is 9.98. The SMILES string of the molecule is O=C(CCn1cnc2sccc2c1=O)N1CCCc2cc(C(F)(F)F)ccc21. The maximum absolute atomic E-state index is 12.9. The fraction of sp³-hybridized carbons (Fsp3) is 0.316. The highest BCUT2D eigenvalue weighted by molar-refractivity contribution is 7.16. The Morgan fingerprint density at radius 2 is 2.07 bits per heavy atom. The number of anilines is 1. The van der Waals surface area contributed by atoms with Crippen molar-refractivity contribution in [2.75, 3.05) is 11.4 Å². The third-order valence-corrected chi connectivity index (χ3v) is 5.66. The molecule has 1 aromatic carbocycles. The smallest absolute Gasteiger partial charge is 0.312 e. The maximum atomic E-state index is 12.9. The molecule has 0 N–H and O–H groups in total. The molecular formula is C19H16F3N3O2S. The molecule has 0 radical (unpaired) electrons. The number of aryl methyl sites for hydroxylation is 2. The van der Waals surface area contributed by atoms with Gasteiger partial charge in [-0.3, -0.25) is 14.2 Å². The number of carbonyl (C=O) groups excluding carboxylic acids is 1. The van der Waals surface area contributed by atoms with E-state index in [2.05, 4.69) is 4.98 Å². The molecule has 0 atom stereocenters. The van der Waals surface area contributed by atoms with Crippen LogP contribution in [0.4, 0.5) is 18.9 Å². The third-order valence-electron chi connectivity index (χ3n) is 4.84. The predicted molar refractivity (Wildman–Crippen MR) is 101 cm³/mol. The van der Waals surface area contributed by atoms with Crippen molar-refractivity contribution in [3.8, 4) is 0 Å². The Hall–Kier alpha value is -2.68. The first-order chi connectivity index (χ1) is 13.3. The van der Waals surface area contributed by atoms with Crippen molar-refractivity contribution >= 4 is 33.1 Å². The van der Waals surface area contributed by atoms with Gasteiger partial charge in [0, 0.05) is 25.2 Å². The van der Waals surface area contributed by atoms with E-state index in [1.807, 2.05) is 0 Å². The predicted octanol–water partition coefficient (Wildman–Crippen LogP) is 3.85. The normalized spacial score (nSPS) is 14.3. The lowest BCUT2D eigenvalue weighted by Gasteiger charge is -2.30. The van der Waals surface area contributed by atoms with Gasteiger partial charge in [0.15, 0.2) is 0 Å². The summed E-state index contributed by atoms with van der Waals surface area (Å²) in [4.78, 5) is 31.5. The van der Waals surface area contributed by atoms with Crippen LogP contribution in [0.3, 0.4) is 0 Å². The molecule has 1 amide bonds. The second-order valence-corrected chi connectivity index (χ2v) is 7.52. The topological polar surface area (TPSA) is 55.2 Å². The zero-order valence-corrected chi connectivity index (χ0v) is 15.5. The Morgan fingerprint density at radius 1 is 1.25 bits per heavy atom. The van der Waals surface area contributed by atoms with Gasteiger partial charge >= 0.3 is 6.18 Å². The molecule has 5 nitrogen and oxygen atoms in total. The molecule has 0 saturated heterocycles. The Kier molecular flexibility index (Phi) is 4.70. The Balaban J connectivity index is 1.53. The second-order valence-electron chi connectivity index (χ2n) is 6.62. The van der Waals surface area contributed by atoms with Gasteiger partial charge in [0.1, 0.15) is 4.83 Å². The highest BCUT2D eigenvalue weighted by Crippen LogP contribution is 2.35. The van der Waals surface area contributed by atoms with Crippen molar-refractivity contribution in [1.82, 2.24) is 9.55 Å². The Bertz CT molecular complexity index is 1100. The highest BCUT2D eigenvalue weighted by atomic mass is 32.1. The maximum Gasteiger partial charge on any atom is 0.416 e. The molecule has 0 unspecified atom stereocenters. The van der Waals surface area contributed by atoms with Gasteiger partial charge in [-0.1, -0.05) is 0 Å². The Morgan fingerprint density at radius 3 is 2.86 bits per heavy atom. The molecule has 0 spiro atoms. The number of alkyl halides is 3. The lowest BCUT2D eigenvalue weighted by molar-refractivity contribution is -0.137. The van der Waals surface area contributed by atoms with Crippen LogP contribution in [-0.2, 0) is 23.9 Å². The van der Waals surface area contributed by atoms with Crippen molar-refractivity contribution < 1.29 is 18.0 Å². The van der Waals surface area contributed by atoms with E-state index in [1.165, 1.54) is 33.2 Å². The number of aromatic nitrogens is 2. The number of benzene rings is 1. The first-order valence-electron chi connectivity index (χ1n) is 8.78. The molecule has 1 aliphatic heterocycles. The summed E-state index contributed by atoms with van der Waals surface area (Å²) in [6.45, 7) is 0.622. The molecule has 0 bridgehead atoms. The molecule has 1 aliphatic rings. The van der Waals surface area contributed by atoms with Crippen molar-refractivity contribution in [1.29, 1.82) is 0 Å². The summed E-state index contributed by atoms with van der Waals surface area (Å²) in [7, 11) is 0. The minimum Gasteiger partial charge on any atom is -0.312 e. The van der Waals surface area contributed by atoms with Crippen LogP contribution in [0.1, 0.15) is 24.0 Å². The van der Waals surface area contributed by atoms with E-state index in [4.69, 9.17) is 0 Å². The molecule has 3 heterocycles. The fourth-order valence-corrected chi connectivity index (χ4v) is 4.16. The molecule has 0 fully saturated rings. The molecule has 2 aromatic heterocycles. The molecule has 28 heavy (non-hydrogen) atoms. The van der Waals surface area contributed by atoms with Gasteiger partial charge < -0.3 is 4.90 Å². The van der Waals surface area contributed by atoms with Crippen LogP contribution in [-0.4, -0.2) is 22.0 Å². The Labute approximate surface area is 162 Å². The van der Waals surface area contributed by atoms with Crippen molar-refractivity contribution in [2.24, 2.45) is 0 Å². The number of hydrogen-bond acceptors (Lipinski definition) is 4. The van der Waals surface area contributed by atoms with Crippen molar-refractivity contribution in [3.05, 3.63) is 57.5 Å². The van der Waals surface area contributed by atoms with Gasteiger partial charge in [-0.15, -0.1) is 11.3 Å². The van der Waals surface area contributed by atoms with Gasteiger partial charge in [-0.25, -0.2) is 4.98 Å². The van der Waals surface area contributed by atoms with Crippen molar-refractivity contribution in [3.63, 3.8) is 0 Å². The monoisotopic (exact) mass is 407 g/mol. The van der Waals surface area contributed by atoms with Crippen LogP contribution in [0, 0.1) is 0 Å². The average molecular weight is 407 g/mol.